The van der Waals surface area contributed by atoms with E-state index in [1.807, 2.05) is 38.1 Å². The number of hydrogen-bond acceptors (Lipinski definition) is 3. The van der Waals surface area contributed by atoms with Crippen molar-refractivity contribution in [1.82, 2.24) is 0 Å². The molecule has 1 N–H and O–H groups in total. The van der Waals surface area contributed by atoms with Gasteiger partial charge in [0.2, 0.25) is 0 Å². The van der Waals surface area contributed by atoms with Crippen molar-refractivity contribution >= 4 is 43.2 Å². The van der Waals surface area contributed by atoms with Crippen LogP contribution in [0.4, 0.5) is 0 Å². The summed E-state index contributed by atoms with van der Waals surface area (Å²) in [5, 5.41) is 10.4. The number of benzene rings is 1. The predicted molar refractivity (Wildman–Crippen MR) is 86.1 cm³/mol. The van der Waals surface area contributed by atoms with Crippen LogP contribution >= 0.6 is 43.2 Å². The molecule has 2 rings (SSSR count). The lowest BCUT2D eigenvalue weighted by Gasteiger charge is -2.12. The van der Waals surface area contributed by atoms with Crippen molar-refractivity contribution in [3.8, 4) is 5.75 Å². The van der Waals surface area contributed by atoms with Crippen molar-refractivity contribution in [2.75, 3.05) is 6.61 Å². The van der Waals surface area contributed by atoms with Gasteiger partial charge in [-0.2, -0.15) is 0 Å². The van der Waals surface area contributed by atoms with Gasteiger partial charge in [-0.05, 0) is 75.0 Å². The van der Waals surface area contributed by atoms with E-state index in [0.29, 0.717) is 6.61 Å². The summed E-state index contributed by atoms with van der Waals surface area (Å²) in [5.41, 5.74) is 1.99. The van der Waals surface area contributed by atoms with E-state index in [0.717, 1.165) is 30.0 Å². The zero-order valence-corrected chi connectivity index (χ0v) is 14.6. The second-order valence-electron chi connectivity index (χ2n) is 4.13. The van der Waals surface area contributed by atoms with Gasteiger partial charge in [0, 0.05) is 4.88 Å². The Hall–Kier alpha value is -0.360. The summed E-state index contributed by atoms with van der Waals surface area (Å²) >= 11 is 8.51. The van der Waals surface area contributed by atoms with Gasteiger partial charge in [0.1, 0.15) is 11.9 Å². The van der Waals surface area contributed by atoms with Crippen LogP contribution in [0, 0.1) is 6.92 Å². The zero-order chi connectivity index (χ0) is 14.0. The van der Waals surface area contributed by atoms with E-state index in [4.69, 9.17) is 4.74 Å². The van der Waals surface area contributed by atoms with Crippen LogP contribution < -0.4 is 4.74 Å². The highest BCUT2D eigenvalue weighted by Crippen LogP contribution is 2.36. The van der Waals surface area contributed by atoms with Crippen molar-refractivity contribution in [2.24, 2.45) is 0 Å². The molecule has 0 spiro atoms. The topological polar surface area (TPSA) is 29.5 Å². The van der Waals surface area contributed by atoms with E-state index in [2.05, 4.69) is 31.9 Å². The van der Waals surface area contributed by atoms with Crippen LogP contribution in [-0.4, -0.2) is 11.7 Å². The quantitative estimate of drug-likeness (QED) is 0.769. The molecular formula is C14H14Br2O2S. The number of aryl methyl sites for hydroxylation is 1. The first-order valence-electron chi connectivity index (χ1n) is 5.89. The van der Waals surface area contributed by atoms with E-state index in [-0.39, 0.29) is 0 Å². The normalized spacial score (nSPS) is 12.5. The number of hydrogen-bond donors (Lipinski definition) is 1. The third kappa shape index (κ3) is 3.40. The van der Waals surface area contributed by atoms with Gasteiger partial charge >= 0.3 is 0 Å². The summed E-state index contributed by atoms with van der Waals surface area (Å²) in [6, 6.07) is 7.67. The van der Waals surface area contributed by atoms with E-state index in [9.17, 15) is 5.11 Å². The first-order valence-corrected chi connectivity index (χ1v) is 8.29. The highest BCUT2D eigenvalue weighted by Gasteiger charge is 2.16. The van der Waals surface area contributed by atoms with Crippen molar-refractivity contribution in [2.45, 2.75) is 20.0 Å². The molecule has 0 saturated heterocycles. The Morgan fingerprint density at radius 1 is 1.32 bits per heavy atom. The average Bonchev–Trinajstić information content (AvgIpc) is 2.71. The molecule has 1 unspecified atom stereocenters. The van der Waals surface area contributed by atoms with E-state index >= 15 is 0 Å². The van der Waals surface area contributed by atoms with Crippen molar-refractivity contribution in [3.05, 3.63) is 48.5 Å². The van der Waals surface area contributed by atoms with Gasteiger partial charge in [-0.15, -0.1) is 11.3 Å². The summed E-state index contributed by atoms with van der Waals surface area (Å²) in [4.78, 5) is 0.931. The van der Waals surface area contributed by atoms with Crippen LogP contribution in [0.5, 0.6) is 5.75 Å². The molecule has 1 heterocycles. The molecule has 0 aliphatic carbocycles. The molecule has 0 saturated carbocycles. The SMILES string of the molecule is CCOc1ccc(C(O)c2cc(C)c(Br)s2)cc1Br. The van der Waals surface area contributed by atoms with Crippen LogP contribution in [0.15, 0.2) is 32.5 Å². The number of aliphatic hydroxyl groups excluding tert-OH is 1. The Labute approximate surface area is 133 Å². The second kappa shape index (κ2) is 6.39. The minimum Gasteiger partial charge on any atom is -0.493 e. The molecule has 1 aromatic carbocycles. The van der Waals surface area contributed by atoms with E-state index in [1.165, 1.54) is 0 Å². The molecule has 102 valence electrons. The summed E-state index contributed by atoms with van der Waals surface area (Å²) in [6.45, 7) is 4.59. The molecule has 5 heteroatoms. The van der Waals surface area contributed by atoms with Gasteiger partial charge < -0.3 is 9.84 Å². The molecule has 0 fully saturated rings. The van der Waals surface area contributed by atoms with Gasteiger partial charge in [-0.1, -0.05) is 6.07 Å². The molecule has 0 bridgehead atoms. The molecule has 0 aliphatic heterocycles. The molecule has 19 heavy (non-hydrogen) atoms. The lowest BCUT2D eigenvalue weighted by Crippen LogP contribution is -1.98. The zero-order valence-electron chi connectivity index (χ0n) is 10.6. The molecule has 1 atom stereocenters. The monoisotopic (exact) mass is 404 g/mol. The van der Waals surface area contributed by atoms with Crippen molar-refractivity contribution in [1.29, 1.82) is 0 Å². The highest BCUT2D eigenvalue weighted by molar-refractivity contribution is 9.11. The van der Waals surface area contributed by atoms with E-state index in [1.54, 1.807) is 11.3 Å². The average molecular weight is 406 g/mol. The summed E-state index contributed by atoms with van der Waals surface area (Å²) < 4.78 is 7.39. The van der Waals surface area contributed by atoms with Crippen LogP contribution in [0.2, 0.25) is 0 Å². The standard InChI is InChI=1S/C14H14Br2O2S/c1-3-18-11-5-4-9(7-10(11)15)13(17)12-6-8(2)14(16)19-12/h4-7,13,17H,3H2,1-2H3. The summed E-state index contributed by atoms with van der Waals surface area (Å²) in [6.07, 6.45) is -0.609. The van der Waals surface area contributed by atoms with Crippen LogP contribution in [0.3, 0.4) is 0 Å². The molecular weight excluding hydrogens is 392 g/mol. The minimum atomic E-state index is -0.609. The van der Waals surface area contributed by atoms with Gasteiger partial charge in [0.05, 0.1) is 14.9 Å². The first-order chi connectivity index (χ1) is 9.02. The maximum absolute atomic E-state index is 10.4. The number of rotatable bonds is 4. The third-order valence-electron chi connectivity index (χ3n) is 2.72. The number of halogens is 2. The Bertz CT molecular complexity index is 561. The van der Waals surface area contributed by atoms with Crippen LogP contribution in [0.25, 0.3) is 0 Å². The molecule has 2 aromatic rings. The summed E-state index contributed by atoms with van der Waals surface area (Å²) in [7, 11) is 0. The number of ether oxygens (including phenoxy) is 1. The maximum Gasteiger partial charge on any atom is 0.133 e. The Kier molecular flexibility index (Phi) is 5.06. The maximum atomic E-state index is 10.4. The van der Waals surface area contributed by atoms with Gasteiger partial charge in [0.25, 0.3) is 0 Å². The number of aliphatic hydroxyl groups is 1. The molecule has 2 nitrogen and oxygen atoms in total. The third-order valence-corrected chi connectivity index (χ3v) is 5.53. The first kappa shape index (κ1) is 15.0. The molecule has 0 aliphatic rings. The largest absolute Gasteiger partial charge is 0.493 e. The lowest BCUT2D eigenvalue weighted by atomic mass is 10.1. The minimum absolute atomic E-state index is 0.609. The fourth-order valence-electron chi connectivity index (χ4n) is 1.74. The Morgan fingerprint density at radius 2 is 2.05 bits per heavy atom. The Morgan fingerprint density at radius 3 is 2.58 bits per heavy atom. The van der Waals surface area contributed by atoms with Crippen LogP contribution in [-0.2, 0) is 0 Å². The van der Waals surface area contributed by atoms with E-state index < -0.39 is 6.10 Å². The predicted octanol–water partition coefficient (Wildman–Crippen LogP) is 5.06. The lowest BCUT2D eigenvalue weighted by molar-refractivity contribution is 0.224. The van der Waals surface area contributed by atoms with Gasteiger partial charge in [-0.25, -0.2) is 0 Å². The summed E-state index contributed by atoms with van der Waals surface area (Å²) in [5.74, 6) is 0.794. The van der Waals surface area contributed by atoms with Crippen molar-refractivity contribution in [3.63, 3.8) is 0 Å². The highest BCUT2D eigenvalue weighted by atomic mass is 79.9. The Balaban J connectivity index is 2.28. The number of thiophene rings is 1. The smallest absolute Gasteiger partial charge is 0.133 e. The molecule has 1 aromatic heterocycles. The van der Waals surface area contributed by atoms with Gasteiger partial charge in [-0.3, -0.25) is 0 Å². The van der Waals surface area contributed by atoms with Crippen LogP contribution in [0.1, 0.15) is 29.0 Å². The fraction of sp³-hybridized carbons (Fsp3) is 0.286. The van der Waals surface area contributed by atoms with Gasteiger partial charge in [0.15, 0.2) is 0 Å². The second-order valence-corrected chi connectivity index (χ2v) is 7.39. The van der Waals surface area contributed by atoms with Crippen molar-refractivity contribution < 1.29 is 9.84 Å². The molecule has 0 radical (unpaired) electrons. The fourth-order valence-corrected chi connectivity index (χ4v) is 3.84. The molecule has 0 amide bonds.